The lowest BCUT2D eigenvalue weighted by Gasteiger charge is -2.03. The lowest BCUT2D eigenvalue weighted by Crippen LogP contribution is -2.20. The smallest absolute Gasteiger partial charge is 0.348 e. The zero-order valence-corrected chi connectivity index (χ0v) is 14.8. The summed E-state index contributed by atoms with van der Waals surface area (Å²) in [6, 6.07) is 3.62. The first kappa shape index (κ1) is 17.0. The molecule has 0 radical (unpaired) electrons. The van der Waals surface area contributed by atoms with Crippen LogP contribution < -0.4 is 5.56 Å². The van der Waals surface area contributed by atoms with Gasteiger partial charge >= 0.3 is 5.97 Å². The molecule has 0 spiro atoms. The van der Waals surface area contributed by atoms with Crippen LogP contribution in [0.4, 0.5) is 0 Å². The van der Waals surface area contributed by atoms with Gasteiger partial charge in [0.1, 0.15) is 15.5 Å². The number of thiophene rings is 1. The topological polar surface area (TPSA) is 86.4 Å². The summed E-state index contributed by atoms with van der Waals surface area (Å²) in [6.45, 7) is 5.43. The van der Waals surface area contributed by atoms with Crippen molar-refractivity contribution >= 4 is 33.7 Å². The molecule has 0 aliphatic heterocycles. The number of carbonyl (C=O) groups is 1. The van der Waals surface area contributed by atoms with E-state index in [0.29, 0.717) is 26.5 Å². The van der Waals surface area contributed by atoms with Crippen molar-refractivity contribution in [2.24, 2.45) is 5.10 Å². The average Bonchev–Trinajstić information content (AvgIpc) is 2.92. The molecule has 25 heavy (non-hydrogen) atoms. The van der Waals surface area contributed by atoms with Crippen molar-refractivity contribution in [1.82, 2.24) is 14.6 Å². The van der Waals surface area contributed by atoms with Crippen LogP contribution in [0.2, 0.25) is 0 Å². The first-order valence-corrected chi connectivity index (χ1v) is 8.48. The molecule has 128 valence electrons. The van der Waals surface area contributed by atoms with E-state index in [4.69, 9.17) is 4.74 Å². The molecule has 0 N–H and O–H groups in total. The first-order valence-electron chi connectivity index (χ1n) is 7.67. The van der Waals surface area contributed by atoms with Gasteiger partial charge in [0, 0.05) is 18.0 Å². The van der Waals surface area contributed by atoms with E-state index >= 15 is 0 Å². The molecule has 3 aromatic heterocycles. The van der Waals surface area contributed by atoms with Crippen LogP contribution in [0.5, 0.6) is 0 Å². The predicted molar refractivity (Wildman–Crippen MR) is 96.5 cm³/mol. The van der Waals surface area contributed by atoms with E-state index in [2.05, 4.69) is 15.1 Å². The largest absolute Gasteiger partial charge is 0.462 e. The number of ether oxygens (including phenoxy) is 1. The Hall–Kier alpha value is -2.87. The van der Waals surface area contributed by atoms with Crippen LogP contribution in [0, 0.1) is 13.8 Å². The van der Waals surface area contributed by atoms with Gasteiger partial charge in [-0.3, -0.25) is 9.78 Å². The summed E-state index contributed by atoms with van der Waals surface area (Å²) in [5.74, 6) is -0.000219. The van der Waals surface area contributed by atoms with Crippen LogP contribution in [-0.2, 0) is 4.74 Å². The van der Waals surface area contributed by atoms with Crippen molar-refractivity contribution in [1.29, 1.82) is 0 Å². The third-order valence-electron chi connectivity index (χ3n) is 3.57. The molecule has 0 atom stereocenters. The maximum Gasteiger partial charge on any atom is 0.348 e. The first-order chi connectivity index (χ1) is 12.0. The Balaban J connectivity index is 2.12. The van der Waals surface area contributed by atoms with Crippen molar-refractivity contribution in [2.45, 2.75) is 20.8 Å². The quantitative estimate of drug-likeness (QED) is 0.530. The number of nitrogens with zero attached hydrogens (tertiary/aromatic N) is 4. The number of fused-ring (bicyclic) bond motifs is 1. The maximum atomic E-state index is 12.8. The van der Waals surface area contributed by atoms with Gasteiger partial charge in [0.15, 0.2) is 0 Å². The zero-order valence-electron chi connectivity index (χ0n) is 14.0. The Morgan fingerprint density at radius 2 is 2.24 bits per heavy atom. The highest BCUT2D eigenvalue weighted by atomic mass is 32.1. The van der Waals surface area contributed by atoms with Crippen LogP contribution >= 0.6 is 11.3 Å². The minimum Gasteiger partial charge on any atom is -0.462 e. The summed E-state index contributed by atoms with van der Waals surface area (Å²) in [5.41, 5.74) is 1.02. The van der Waals surface area contributed by atoms with E-state index in [0.717, 1.165) is 16.9 Å². The second-order valence-corrected chi connectivity index (χ2v) is 6.26. The van der Waals surface area contributed by atoms with Crippen molar-refractivity contribution < 1.29 is 9.53 Å². The van der Waals surface area contributed by atoms with Crippen LogP contribution in [-0.4, -0.2) is 33.4 Å². The van der Waals surface area contributed by atoms with Gasteiger partial charge in [-0.1, -0.05) is 6.07 Å². The third kappa shape index (κ3) is 3.20. The van der Waals surface area contributed by atoms with Crippen LogP contribution in [0.1, 0.15) is 33.5 Å². The highest BCUT2D eigenvalue weighted by Gasteiger charge is 2.21. The van der Waals surface area contributed by atoms with E-state index in [1.165, 1.54) is 4.68 Å². The molecule has 0 saturated heterocycles. The zero-order chi connectivity index (χ0) is 18.0. The van der Waals surface area contributed by atoms with E-state index in [1.807, 2.05) is 6.07 Å². The molecule has 0 amide bonds. The summed E-state index contributed by atoms with van der Waals surface area (Å²) >= 11 is 1.16. The summed E-state index contributed by atoms with van der Waals surface area (Å²) in [6.07, 6.45) is 4.85. The fourth-order valence-electron chi connectivity index (χ4n) is 2.38. The van der Waals surface area contributed by atoms with E-state index in [1.54, 1.807) is 45.4 Å². The highest BCUT2D eigenvalue weighted by molar-refractivity contribution is 7.20. The third-order valence-corrected chi connectivity index (χ3v) is 4.74. The fraction of sp³-hybridized carbons (Fsp3) is 0.235. The lowest BCUT2D eigenvalue weighted by atomic mass is 10.2. The number of esters is 1. The molecular weight excluding hydrogens is 340 g/mol. The second kappa shape index (κ2) is 6.94. The van der Waals surface area contributed by atoms with Crippen LogP contribution in [0.3, 0.4) is 0 Å². The molecule has 3 heterocycles. The van der Waals surface area contributed by atoms with Gasteiger partial charge in [-0.15, -0.1) is 11.3 Å². The van der Waals surface area contributed by atoms with Gasteiger partial charge in [-0.2, -0.15) is 9.78 Å². The molecule has 3 rings (SSSR count). The number of hydrogen-bond donors (Lipinski definition) is 0. The van der Waals surface area contributed by atoms with Gasteiger partial charge in [0.2, 0.25) is 0 Å². The molecule has 0 saturated carbocycles. The monoisotopic (exact) mass is 356 g/mol. The van der Waals surface area contributed by atoms with E-state index < -0.39 is 5.97 Å². The van der Waals surface area contributed by atoms with E-state index in [-0.39, 0.29) is 12.2 Å². The Labute approximate surface area is 147 Å². The second-order valence-electron chi connectivity index (χ2n) is 5.26. The lowest BCUT2D eigenvalue weighted by molar-refractivity contribution is 0.0531. The van der Waals surface area contributed by atoms with Gasteiger partial charge in [-0.25, -0.2) is 9.78 Å². The number of hydrogen-bond acceptors (Lipinski definition) is 7. The van der Waals surface area contributed by atoms with Crippen molar-refractivity contribution in [2.75, 3.05) is 6.61 Å². The van der Waals surface area contributed by atoms with Gasteiger partial charge < -0.3 is 4.74 Å². The van der Waals surface area contributed by atoms with Gasteiger partial charge in [0.05, 0.1) is 18.2 Å². The normalized spacial score (nSPS) is 11.3. The molecule has 0 bridgehead atoms. The minimum atomic E-state index is -0.439. The Bertz CT molecular complexity index is 1020. The molecule has 0 unspecified atom stereocenters. The van der Waals surface area contributed by atoms with Crippen molar-refractivity contribution in [3.05, 3.63) is 56.7 Å². The molecule has 0 fully saturated rings. The standard InChI is InChI=1S/C17H16N4O3S/c1-4-24-17(23)14-10(2)13-15(25-14)20-11(3)21(16(13)22)19-9-12-6-5-7-18-8-12/h5-9H,4H2,1-3H3/b19-9-. The molecule has 0 aromatic carbocycles. The molecule has 3 aromatic rings. The SMILES string of the molecule is CCOC(=O)c1sc2nc(C)n(/N=C\c3cccnc3)c(=O)c2c1C. The van der Waals surface area contributed by atoms with Crippen LogP contribution in [0.15, 0.2) is 34.4 Å². The summed E-state index contributed by atoms with van der Waals surface area (Å²) < 4.78 is 6.27. The van der Waals surface area contributed by atoms with Gasteiger partial charge in [-0.05, 0) is 32.4 Å². The molecule has 8 heteroatoms. The Morgan fingerprint density at radius 1 is 1.44 bits per heavy atom. The van der Waals surface area contributed by atoms with Crippen LogP contribution in [0.25, 0.3) is 10.2 Å². The molecule has 0 aliphatic rings. The van der Waals surface area contributed by atoms with E-state index in [9.17, 15) is 9.59 Å². The number of carbonyl (C=O) groups excluding carboxylic acids is 1. The van der Waals surface area contributed by atoms with Crippen molar-refractivity contribution in [3.8, 4) is 0 Å². The fourth-order valence-corrected chi connectivity index (χ4v) is 3.49. The molecular formula is C17H16N4O3S. The number of aromatic nitrogens is 3. The average molecular weight is 356 g/mol. The summed E-state index contributed by atoms with van der Waals surface area (Å²) in [5, 5.41) is 4.61. The summed E-state index contributed by atoms with van der Waals surface area (Å²) in [7, 11) is 0. The summed E-state index contributed by atoms with van der Waals surface area (Å²) in [4.78, 5) is 34.2. The molecule has 7 nitrogen and oxygen atoms in total. The highest BCUT2D eigenvalue weighted by Crippen LogP contribution is 2.28. The van der Waals surface area contributed by atoms with Crippen molar-refractivity contribution in [3.63, 3.8) is 0 Å². The van der Waals surface area contributed by atoms with Gasteiger partial charge in [0.25, 0.3) is 5.56 Å². The number of pyridine rings is 1. The number of rotatable bonds is 4. The Kier molecular flexibility index (Phi) is 4.71. The maximum absolute atomic E-state index is 12.8. The molecule has 0 aliphatic carbocycles. The Morgan fingerprint density at radius 3 is 2.92 bits per heavy atom. The number of aryl methyl sites for hydroxylation is 2. The predicted octanol–water partition coefficient (Wildman–Crippen LogP) is 2.53. The minimum absolute atomic E-state index is 0.276.